The van der Waals surface area contributed by atoms with Crippen molar-refractivity contribution in [3.05, 3.63) is 119 Å². The van der Waals surface area contributed by atoms with Crippen LogP contribution in [0.2, 0.25) is 0 Å². The van der Waals surface area contributed by atoms with Gasteiger partial charge in [-0.2, -0.15) is 0 Å². The quantitative estimate of drug-likeness (QED) is 0.388. The third-order valence-corrected chi connectivity index (χ3v) is 6.04. The first-order chi connectivity index (χ1) is 16.0. The number of hydrogen-bond acceptors (Lipinski definition) is 1. The Balaban J connectivity index is 1.62. The van der Waals surface area contributed by atoms with Crippen LogP contribution in [-0.4, -0.2) is 15.5 Å². The van der Waals surface area contributed by atoms with E-state index < -0.39 is 17.7 Å². The number of amides is 2. The molecule has 166 valence electrons. The van der Waals surface area contributed by atoms with E-state index in [-0.39, 0.29) is 12.6 Å². The van der Waals surface area contributed by atoms with Crippen LogP contribution in [0.15, 0.2) is 85.1 Å². The maximum atomic E-state index is 14.2. The van der Waals surface area contributed by atoms with Crippen molar-refractivity contribution in [1.82, 2.24) is 9.47 Å². The first-order valence-corrected chi connectivity index (χ1v) is 10.9. The second-order valence-electron chi connectivity index (χ2n) is 8.15. The summed E-state index contributed by atoms with van der Waals surface area (Å²) in [5.41, 5.74) is 4.82. The number of fused-ring (bicyclic) bond motifs is 3. The molecule has 2 heterocycles. The van der Waals surface area contributed by atoms with E-state index in [0.29, 0.717) is 11.3 Å². The van der Waals surface area contributed by atoms with Gasteiger partial charge in [0.25, 0.3) is 0 Å². The number of rotatable bonds is 3. The normalized spacial score (nSPS) is 14.9. The number of benzene rings is 3. The first-order valence-electron chi connectivity index (χ1n) is 10.9. The summed E-state index contributed by atoms with van der Waals surface area (Å²) in [6.45, 7) is 2.35. The van der Waals surface area contributed by atoms with E-state index in [0.717, 1.165) is 29.4 Å². The molecule has 4 aromatic rings. The van der Waals surface area contributed by atoms with Crippen LogP contribution >= 0.6 is 0 Å². The molecule has 1 aliphatic rings. The Kier molecular flexibility index (Phi) is 5.42. The molecule has 1 N–H and O–H groups in total. The van der Waals surface area contributed by atoms with Gasteiger partial charge in [-0.15, -0.1) is 0 Å². The van der Waals surface area contributed by atoms with Crippen molar-refractivity contribution < 1.29 is 13.6 Å². The highest BCUT2D eigenvalue weighted by molar-refractivity contribution is 5.90. The van der Waals surface area contributed by atoms with E-state index in [1.165, 1.54) is 17.7 Å². The third kappa shape index (κ3) is 4.00. The average Bonchev–Trinajstić information content (AvgIpc) is 3.23. The smallest absolute Gasteiger partial charge is 0.318 e. The van der Waals surface area contributed by atoms with E-state index in [9.17, 15) is 13.6 Å². The first kappa shape index (κ1) is 20.9. The summed E-state index contributed by atoms with van der Waals surface area (Å²) >= 11 is 0. The van der Waals surface area contributed by atoms with E-state index in [4.69, 9.17) is 0 Å². The second kappa shape index (κ2) is 8.54. The molecular weight excluding hydrogens is 420 g/mol. The number of halogens is 2. The van der Waals surface area contributed by atoms with Crippen molar-refractivity contribution in [2.45, 2.75) is 25.9 Å². The molecule has 0 radical (unpaired) electrons. The van der Waals surface area contributed by atoms with Crippen molar-refractivity contribution in [3.63, 3.8) is 0 Å². The number of nitrogens with one attached hydrogen (secondary N) is 1. The Labute approximate surface area is 191 Å². The van der Waals surface area contributed by atoms with Gasteiger partial charge in [0.15, 0.2) is 0 Å². The molecule has 0 fully saturated rings. The summed E-state index contributed by atoms with van der Waals surface area (Å²) in [6.07, 6.45) is 2.81. The van der Waals surface area contributed by atoms with E-state index >= 15 is 0 Å². The number of nitrogens with zero attached hydrogens (tertiary/aromatic N) is 2. The van der Waals surface area contributed by atoms with Gasteiger partial charge in [0, 0.05) is 23.6 Å². The van der Waals surface area contributed by atoms with Crippen LogP contribution in [-0.2, 0) is 13.0 Å². The molecule has 2 amide bonds. The number of carbonyl (C=O) groups is 1. The molecule has 0 saturated carbocycles. The molecule has 0 spiro atoms. The lowest BCUT2D eigenvalue weighted by atomic mass is 10.0. The van der Waals surface area contributed by atoms with Crippen LogP contribution in [0.5, 0.6) is 0 Å². The predicted octanol–water partition coefficient (Wildman–Crippen LogP) is 6.46. The highest BCUT2D eigenvalue weighted by Crippen LogP contribution is 2.37. The summed E-state index contributed by atoms with van der Waals surface area (Å²) < 4.78 is 30.4. The Bertz CT molecular complexity index is 1290. The highest BCUT2D eigenvalue weighted by atomic mass is 19.1. The van der Waals surface area contributed by atoms with Crippen LogP contribution in [0.3, 0.4) is 0 Å². The highest BCUT2D eigenvalue weighted by Gasteiger charge is 2.33. The molecule has 3 aromatic carbocycles. The monoisotopic (exact) mass is 443 g/mol. The third-order valence-electron chi connectivity index (χ3n) is 6.04. The van der Waals surface area contributed by atoms with Gasteiger partial charge in [-0.1, -0.05) is 37.3 Å². The molecule has 0 aliphatic carbocycles. The summed E-state index contributed by atoms with van der Waals surface area (Å²) in [6, 6.07) is 21.6. The minimum Gasteiger partial charge on any atom is -0.318 e. The number of aryl methyl sites for hydroxylation is 1. The molecule has 1 atom stereocenters. The molecule has 4 nitrogen and oxygen atoms in total. The summed E-state index contributed by atoms with van der Waals surface area (Å²) in [5, 5.41) is 2.96. The fraction of sp³-hybridized carbons (Fsp3) is 0.148. The Morgan fingerprint density at radius 1 is 0.970 bits per heavy atom. The Morgan fingerprint density at radius 2 is 1.70 bits per heavy atom. The Hall–Kier alpha value is -3.93. The lowest BCUT2D eigenvalue weighted by molar-refractivity contribution is 0.194. The van der Waals surface area contributed by atoms with Gasteiger partial charge in [0.2, 0.25) is 0 Å². The van der Waals surface area contributed by atoms with Gasteiger partial charge in [0.05, 0.1) is 18.3 Å². The predicted molar refractivity (Wildman–Crippen MR) is 124 cm³/mol. The van der Waals surface area contributed by atoms with Crippen LogP contribution in [0.4, 0.5) is 19.3 Å². The fourth-order valence-electron chi connectivity index (χ4n) is 4.44. The molecule has 33 heavy (non-hydrogen) atoms. The number of para-hydroxylation sites is 1. The minimum atomic E-state index is -0.687. The zero-order valence-corrected chi connectivity index (χ0v) is 18.1. The summed E-state index contributed by atoms with van der Waals surface area (Å²) in [4.78, 5) is 15.2. The minimum absolute atomic E-state index is 0.277. The molecular formula is C27H23F2N3O. The van der Waals surface area contributed by atoms with Crippen molar-refractivity contribution in [1.29, 1.82) is 0 Å². The van der Waals surface area contributed by atoms with Gasteiger partial charge in [-0.25, -0.2) is 13.6 Å². The number of aromatic nitrogens is 1. The van der Waals surface area contributed by atoms with Crippen LogP contribution < -0.4 is 5.32 Å². The molecule has 6 heteroatoms. The lowest BCUT2D eigenvalue weighted by Gasteiger charge is -2.31. The standard InChI is InChI=1S/C27H23F2N3O/c1-2-18-9-11-23(12-10-18)30-27(33)32-17-19-6-3-4-7-24(19)31-13-5-8-25(31)26(32)20-14-21(28)16-22(29)15-20/h3-16,26H,2,17H2,1H3,(H,30,33)/t26-/m0/s1. The molecule has 0 saturated heterocycles. The van der Waals surface area contributed by atoms with Crippen LogP contribution in [0.25, 0.3) is 5.69 Å². The molecule has 0 bridgehead atoms. The molecule has 1 aliphatic heterocycles. The van der Waals surface area contributed by atoms with Crippen molar-refractivity contribution in [2.75, 3.05) is 5.32 Å². The van der Waals surface area contributed by atoms with Gasteiger partial charge in [-0.05, 0) is 65.6 Å². The molecule has 0 unspecified atom stereocenters. The maximum Gasteiger partial charge on any atom is 0.322 e. The number of hydrogen-bond donors (Lipinski definition) is 1. The van der Waals surface area contributed by atoms with Gasteiger partial charge in [0.1, 0.15) is 11.6 Å². The molecule has 1 aromatic heterocycles. The second-order valence-corrected chi connectivity index (χ2v) is 8.15. The van der Waals surface area contributed by atoms with Crippen molar-refractivity contribution in [2.24, 2.45) is 0 Å². The van der Waals surface area contributed by atoms with Crippen LogP contribution in [0, 0.1) is 11.6 Å². The van der Waals surface area contributed by atoms with Gasteiger partial charge in [-0.3, -0.25) is 0 Å². The van der Waals surface area contributed by atoms with Crippen molar-refractivity contribution >= 4 is 11.7 Å². The number of anilines is 1. The Morgan fingerprint density at radius 3 is 2.42 bits per heavy atom. The summed E-state index contributed by atoms with van der Waals surface area (Å²) in [5.74, 6) is -1.36. The van der Waals surface area contributed by atoms with E-state index in [2.05, 4.69) is 12.2 Å². The van der Waals surface area contributed by atoms with Gasteiger partial charge >= 0.3 is 6.03 Å². The van der Waals surface area contributed by atoms with E-state index in [1.54, 1.807) is 4.90 Å². The summed E-state index contributed by atoms with van der Waals surface area (Å²) in [7, 11) is 0. The number of urea groups is 1. The number of carbonyl (C=O) groups excluding carboxylic acids is 1. The zero-order valence-electron chi connectivity index (χ0n) is 18.1. The lowest BCUT2D eigenvalue weighted by Crippen LogP contribution is -2.38. The largest absolute Gasteiger partial charge is 0.322 e. The average molecular weight is 443 g/mol. The topological polar surface area (TPSA) is 37.3 Å². The maximum absolute atomic E-state index is 14.2. The zero-order chi connectivity index (χ0) is 22.9. The van der Waals surface area contributed by atoms with E-state index in [1.807, 2.05) is 71.4 Å². The van der Waals surface area contributed by atoms with Gasteiger partial charge < -0.3 is 14.8 Å². The molecule has 5 rings (SSSR count). The van der Waals surface area contributed by atoms with Crippen LogP contribution in [0.1, 0.15) is 35.3 Å². The van der Waals surface area contributed by atoms with Crippen molar-refractivity contribution in [3.8, 4) is 5.69 Å². The SMILES string of the molecule is CCc1ccc(NC(=O)N2Cc3ccccc3-n3cccc3[C@@H]2c2cc(F)cc(F)c2)cc1. The fourth-order valence-corrected chi connectivity index (χ4v) is 4.44.